The fourth-order valence-corrected chi connectivity index (χ4v) is 3.91. The molecule has 1 aromatic heterocycles. The first-order valence-corrected chi connectivity index (χ1v) is 8.99. The van der Waals surface area contributed by atoms with Gasteiger partial charge in [-0.1, -0.05) is 0 Å². The molecule has 1 aromatic carbocycles. The van der Waals surface area contributed by atoms with E-state index in [9.17, 15) is 8.42 Å². The summed E-state index contributed by atoms with van der Waals surface area (Å²) in [4.78, 5) is 4.93. The molecule has 0 unspecified atom stereocenters. The van der Waals surface area contributed by atoms with Crippen LogP contribution in [0.2, 0.25) is 0 Å². The minimum Gasteiger partial charge on any atom is -0.399 e. The molecule has 0 saturated carbocycles. The van der Waals surface area contributed by atoms with E-state index in [1.54, 1.807) is 12.1 Å². The van der Waals surface area contributed by atoms with Crippen molar-refractivity contribution < 1.29 is 8.42 Å². The predicted octanol–water partition coefficient (Wildman–Crippen LogP) is 0.641. The first-order chi connectivity index (χ1) is 10.1. The van der Waals surface area contributed by atoms with Crippen molar-refractivity contribution in [3.8, 4) is 0 Å². The number of H-pyrrole nitrogens is 1. The quantitative estimate of drug-likeness (QED) is 0.484. The molecule has 4 N–H and O–H groups in total. The van der Waals surface area contributed by atoms with E-state index < -0.39 is 10.0 Å². The number of nitrogens with zero attached hydrogens (tertiary/aromatic N) is 2. The second kappa shape index (κ2) is 7.43. The van der Waals surface area contributed by atoms with Gasteiger partial charge in [0.25, 0.3) is 0 Å². The van der Waals surface area contributed by atoms with Crippen LogP contribution < -0.4 is 10.5 Å². The Balaban J connectivity index is 1.69. The van der Waals surface area contributed by atoms with E-state index in [4.69, 9.17) is 5.73 Å². The summed E-state index contributed by atoms with van der Waals surface area (Å²) in [5.41, 5.74) is 6.29. The molecule has 0 atom stereocenters. The minimum absolute atomic E-state index is 0.0679. The van der Waals surface area contributed by atoms with Crippen LogP contribution in [0.15, 0.2) is 35.5 Å². The third kappa shape index (κ3) is 5.74. The topological polar surface area (TPSA) is 114 Å². The second-order valence-electron chi connectivity index (χ2n) is 4.31. The number of thioether (sulfide) groups is 1. The summed E-state index contributed by atoms with van der Waals surface area (Å²) in [6, 6.07) is 7.35. The smallest absolute Gasteiger partial charge is 0.212 e. The predicted molar refractivity (Wildman–Crippen MR) is 83.5 cm³/mol. The fraction of sp³-hybridized carbons (Fsp3) is 0.333. The summed E-state index contributed by atoms with van der Waals surface area (Å²) in [6.07, 6.45) is 1.89. The van der Waals surface area contributed by atoms with Crippen molar-refractivity contribution >= 4 is 27.5 Å². The van der Waals surface area contributed by atoms with Gasteiger partial charge in [-0.05, 0) is 24.3 Å². The molecular formula is C12H17N5O2S2. The lowest BCUT2D eigenvalue weighted by atomic mass is 10.3. The highest BCUT2D eigenvalue weighted by Gasteiger charge is 2.10. The summed E-state index contributed by atoms with van der Waals surface area (Å²) in [5.74, 6) is 1.22. The molecule has 2 aromatic rings. The Kier molecular flexibility index (Phi) is 5.59. The highest BCUT2D eigenvalue weighted by atomic mass is 32.2. The second-order valence-corrected chi connectivity index (χ2v) is 7.41. The summed E-state index contributed by atoms with van der Waals surface area (Å²) in [7, 11) is -3.27. The normalized spacial score (nSPS) is 11.6. The third-order valence-corrected chi connectivity index (χ3v) is 5.31. The van der Waals surface area contributed by atoms with Gasteiger partial charge in [0.1, 0.15) is 12.2 Å². The molecule has 0 aliphatic heterocycles. The van der Waals surface area contributed by atoms with E-state index >= 15 is 0 Å². The van der Waals surface area contributed by atoms with Crippen molar-refractivity contribution in [1.29, 1.82) is 0 Å². The van der Waals surface area contributed by atoms with Crippen LogP contribution in [0.5, 0.6) is 0 Å². The first-order valence-electron chi connectivity index (χ1n) is 6.35. The Hall–Kier alpha value is -1.58. The molecule has 0 spiro atoms. The zero-order valence-corrected chi connectivity index (χ0v) is 13.0. The van der Waals surface area contributed by atoms with E-state index in [0.29, 0.717) is 30.2 Å². The van der Waals surface area contributed by atoms with Gasteiger partial charge in [0.05, 0.1) is 5.75 Å². The monoisotopic (exact) mass is 327 g/mol. The Morgan fingerprint density at radius 2 is 2.05 bits per heavy atom. The zero-order chi connectivity index (χ0) is 15.1. The molecule has 0 radical (unpaired) electrons. The van der Waals surface area contributed by atoms with Crippen LogP contribution >= 0.6 is 11.8 Å². The molecule has 0 aliphatic rings. The highest BCUT2D eigenvalue weighted by molar-refractivity contribution is 8.00. The maximum absolute atomic E-state index is 11.8. The van der Waals surface area contributed by atoms with Crippen LogP contribution in [0.25, 0.3) is 0 Å². The molecule has 0 saturated heterocycles. The molecule has 0 fully saturated rings. The lowest BCUT2D eigenvalue weighted by Gasteiger charge is -2.06. The van der Waals surface area contributed by atoms with E-state index in [0.717, 1.165) is 4.90 Å². The van der Waals surface area contributed by atoms with Crippen LogP contribution in [0.4, 0.5) is 5.69 Å². The maximum atomic E-state index is 11.8. The Bertz CT molecular complexity index is 641. The number of sulfonamides is 1. The van der Waals surface area contributed by atoms with Crippen LogP contribution in [0, 0.1) is 0 Å². The fourth-order valence-electron chi connectivity index (χ4n) is 1.58. The summed E-state index contributed by atoms with van der Waals surface area (Å²) >= 11 is 1.48. The average molecular weight is 327 g/mol. The number of nitrogens with one attached hydrogen (secondary N) is 2. The number of benzene rings is 1. The van der Waals surface area contributed by atoms with Crippen LogP contribution in [-0.2, 0) is 16.4 Å². The van der Waals surface area contributed by atoms with Crippen LogP contribution in [-0.4, -0.2) is 41.6 Å². The highest BCUT2D eigenvalue weighted by Crippen LogP contribution is 2.19. The van der Waals surface area contributed by atoms with Crippen molar-refractivity contribution in [1.82, 2.24) is 19.9 Å². The zero-order valence-electron chi connectivity index (χ0n) is 11.3. The van der Waals surface area contributed by atoms with Crippen LogP contribution in [0.3, 0.4) is 0 Å². The number of hydrogen-bond donors (Lipinski definition) is 3. The van der Waals surface area contributed by atoms with Gasteiger partial charge in [0.15, 0.2) is 0 Å². The molecule has 2 rings (SSSR count). The summed E-state index contributed by atoms with van der Waals surface area (Å²) in [5, 5.41) is 6.38. The molecule has 0 aliphatic carbocycles. The van der Waals surface area contributed by atoms with Gasteiger partial charge in [-0.3, -0.25) is 5.10 Å². The van der Waals surface area contributed by atoms with Gasteiger partial charge in [-0.25, -0.2) is 18.1 Å². The third-order valence-electron chi connectivity index (χ3n) is 2.65. The number of rotatable bonds is 8. The molecule has 0 bridgehead atoms. The van der Waals surface area contributed by atoms with E-state index in [1.807, 2.05) is 12.1 Å². The van der Waals surface area contributed by atoms with Gasteiger partial charge in [-0.15, -0.1) is 11.8 Å². The first kappa shape index (κ1) is 15.8. The largest absolute Gasteiger partial charge is 0.399 e. The van der Waals surface area contributed by atoms with Crippen molar-refractivity contribution in [2.24, 2.45) is 0 Å². The van der Waals surface area contributed by atoms with Crippen molar-refractivity contribution in [3.63, 3.8) is 0 Å². The number of aromatic nitrogens is 3. The standard InChI is InChI=1S/C12H17N5O2S2/c13-10-1-3-11(4-2-10)20-7-8-21(18,19)16-6-5-12-14-9-15-17-12/h1-4,9,16H,5-8,13H2,(H,14,15,17). The van der Waals surface area contributed by atoms with Gasteiger partial charge in [0.2, 0.25) is 10.0 Å². The number of nitrogens with two attached hydrogens (primary N) is 1. The van der Waals surface area contributed by atoms with Gasteiger partial charge in [0, 0.05) is 29.3 Å². The van der Waals surface area contributed by atoms with E-state index in [2.05, 4.69) is 19.9 Å². The van der Waals surface area contributed by atoms with Gasteiger partial charge >= 0.3 is 0 Å². The van der Waals surface area contributed by atoms with Crippen molar-refractivity contribution in [2.45, 2.75) is 11.3 Å². The average Bonchev–Trinajstić information content (AvgIpc) is 2.94. The summed E-state index contributed by atoms with van der Waals surface area (Å²) < 4.78 is 26.2. The minimum atomic E-state index is -3.27. The number of hydrogen-bond acceptors (Lipinski definition) is 6. The van der Waals surface area contributed by atoms with E-state index in [-0.39, 0.29) is 5.75 Å². The Labute approximate surface area is 127 Å². The molecule has 0 amide bonds. The van der Waals surface area contributed by atoms with Crippen molar-refractivity contribution in [3.05, 3.63) is 36.4 Å². The lowest BCUT2D eigenvalue weighted by Crippen LogP contribution is -2.29. The summed E-state index contributed by atoms with van der Waals surface area (Å²) in [6.45, 7) is 0.310. The number of anilines is 1. The Morgan fingerprint density at radius 1 is 1.29 bits per heavy atom. The molecule has 7 nitrogen and oxygen atoms in total. The molecule has 9 heteroatoms. The van der Waals surface area contributed by atoms with Gasteiger partial charge < -0.3 is 5.73 Å². The Morgan fingerprint density at radius 3 is 2.71 bits per heavy atom. The van der Waals surface area contributed by atoms with Crippen molar-refractivity contribution in [2.75, 3.05) is 23.8 Å². The molecule has 1 heterocycles. The van der Waals surface area contributed by atoms with Gasteiger partial charge in [-0.2, -0.15) is 5.10 Å². The maximum Gasteiger partial charge on any atom is 0.212 e. The number of aromatic amines is 1. The molecule has 114 valence electrons. The lowest BCUT2D eigenvalue weighted by molar-refractivity contribution is 0.582. The SMILES string of the molecule is Nc1ccc(SCCS(=O)(=O)NCCc2ncn[nH]2)cc1. The molecular weight excluding hydrogens is 310 g/mol. The number of nitrogen functional groups attached to an aromatic ring is 1. The molecule has 21 heavy (non-hydrogen) atoms. The van der Waals surface area contributed by atoms with Crippen LogP contribution in [0.1, 0.15) is 5.82 Å². The van der Waals surface area contributed by atoms with E-state index in [1.165, 1.54) is 18.1 Å².